The Morgan fingerprint density at radius 3 is 2.00 bits per heavy atom. The Kier molecular flexibility index (Phi) is 8.73. The monoisotopic (exact) mass is 428 g/mol. The molecule has 1 atom stereocenters. The molecule has 0 aliphatic heterocycles. The Bertz CT molecular complexity index is 858. The van der Waals surface area contributed by atoms with Gasteiger partial charge in [0.25, 0.3) is 5.91 Å². The molecule has 0 heterocycles. The molecule has 0 bridgehead atoms. The van der Waals surface area contributed by atoms with Crippen LogP contribution in [0.5, 0.6) is 17.2 Å². The summed E-state index contributed by atoms with van der Waals surface area (Å²) in [5, 5.41) is 2.87. The summed E-state index contributed by atoms with van der Waals surface area (Å²) in [5.41, 5.74) is 2.06. The number of carbonyl (C=O) groups is 2. The number of hydrogen-bond acceptors (Lipinski definition) is 5. The van der Waals surface area contributed by atoms with Crippen LogP contribution in [0.3, 0.4) is 0 Å². The maximum absolute atomic E-state index is 13.1. The summed E-state index contributed by atoms with van der Waals surface area (Å²) in [7, 11) is 3.09. The molecule has 0 aromatic heterocycles. The van der Waals surface area contributed by atoms with E-state index < -0.39 is 6.04 Å². The Labute approximate surface area is 184 Å². The number of ether oxygens (including phenoxy) is 3. The van der Waals surface area contributed by atoms with Crippen molar-refractivity contribution in [1.82, 2.24) is 10.2 Å². The standard InChI is InChI=1S/C24H32N2O5/c1-16(2)25-24(28)18(4)26(14-19-9-7-17(3)8-10-19)23(27)15-31-22-12-20(29-5)11-21(13-22)30-6/h7-13,16,18H,14-15H2,1-6H3,(H,25,28)/t18-/m1/s1. The van der Waals surface area contributed by atoms with Crippen LogP contribution in [0.15, 0.2) is 42.5 Å². The summed E-state index contributed by atoms with van der Waals surface area (Å²) >= 11 is 0. The van der Waals surface area contributed by atoms with Crippen molar-refractivity contribution in [2.24, 2.45) is 0 Å². The Morgan fingerprint density at radius 2 is 1.48 bits per heavy atom. The molecule has 0 radical (unpaired) electrons. The van der Waals surface area contributed by atoms with Crippen molar-refractivity contribution in [3.63, 3.8) is 0 Å². The summed E-state index contributed by atoms with van der Waals surface area (Å²) in [6.07, 6.45) is 0. The van der Waals surface area contributed by atoms with Crippen LogP contribution in [0.4, 0.5) is 0 Å². The number of aryl methyl sites for hydroxylation is 1. The molecule has 0 saturated heterocycles. The number of nitrogens with one attached hydrogen (secondary N) is 1. The second-order valence-electron chi connectivity index (χ2n) is 7.68. The van der Waals surface area contributed by atoms with E-state index >= 15 is 0 Å². The molecule has 2 amide bonds. The third kappa shape index (κ3) is 7.20. The Hall–Kier alpha value is -3.22. The number of methoxy groups -OCH3 is 2. The quantitative estimate of drug-likeness (QED) is 0.628. The van der Waals surface area contributed by atoms with E-state index in [2.05, 4.69) is 5.32 Å². The van der Waals surface area contributed by atoms with Crippen molar-refractivity contribution in [2.75, 3.05) is 20.8 Å². The van der Waals surface area contributed by atoms with Crippen molar-refractivity contribution in [3.05, 3.63) is 53.6 Å². The van der Waals surface area contributed by atoms with Gasteiger partial charge in [0.1, 0.15) is 23.3 Å². The zero-order chi connectivity index (χ0) is 23.0. The van der Waals surface area contributed by atoms with Crippen molar-refractivity contribution in [2.45, 2.75) is 46.3 Å². The van der Waals surface area contributed by atoms with Crippen LogP contribution in [0, 0.1) is 6.92 Å². The number of amides is 2. The molecule has 7 nitrogen and oxygen atoms in total. The van der Waals surface area contributed by atoms with E-state index in [4.69, 9.17) is 14.2 Å². The molecule has 168 valence electrons. The molecule has 1 N–H and O–H groups in total. The average Bonchev–Trinajstić information content (AvgIpc) is 2.75. The van der Waals surface area contributed by atoms with E-state index in [9.17, 15) is 9.59 Å². The van der Waals surface area contributed by atoms with Crippen LogP contribution in [0.2, 0.25) is 0 Å². The molecule has 0 aliphatic rings. The molecule has 2 aromatic carbocycles. The summed E-state index contributed by atoms with van der Waals surface area (Å²) < 4.78 is 16.2. The maximum atomic E-state index is 13.1. The lowest BCUT2D eigenvalue weighted by molar-refractivity contribution is -0.142. The molecule has 7 heteroatoms. The van der Waals surface area contributed by atoms with Crippen LogP contribution in [-0.2, 0) is 16.1 Å². The van der Waals surface area contributed by atoms with Gasteiger partial charge in [-0.2, -0.15) is 0 Å². The fraction of sp³-hybridized carbons (Fsp3) is 0.417. The van der Waals surface area contributed by atoms with Crippen LogP contribution in [0.25, 0.3) is 0 Å². The molecule has 31 heavy (non-hydrogen) atoms. The molecule has 0 fully saturated rings. The van der Waals surface area contributed by atoms with Crippen molar-refractivity contribution in [1.29, 1.82) is 0 Å². The lowest BCUT2D eigenvalue weighted by atomic mass is 10.1. The first-order chi connectivity index (χ1) is 14.7. The zero-order valence-corrected chi connectivity index (χ0v) is 19.1. The third-order valence-corrected chi connectivity index (χ3v) is 4.76. The Morgan fingerprint density at radius 1 is 0.935 bits per heavy atom. The number of hydrogen-bond donors (Lipinski definition) is 1. The molecular weight excluding hydrogens is 396 g/mol. The molecular formula is C24H32N2O5. The van der Waals surface area contributed by atoms with Gasteiger partial charge in [-0.1, -0.05) is 29.8 Å². The molecule has 0 unspecified atom stereocenters. The molecule has 2 rings (SSSR count). The minimum Gasteiger partial charge on any atom is -0.496 e. The lowest BCUT2D eigenvalue weighted by Crippen LogP contribution is -2.50. The number of nitrogens with zero attached hydrogens (tertiary/aromatic N) is 1. The third-order valence-electron chi connectivity index (χ3n) is 4.76. The highest BCUT2D eigenvalue weighted by Gasteiger charge is 2.27. The van der Waals surface area contributed by atoms with Gasteiger partial charge in [0.2, 0.25) is 5.91 Å². The summed E-state index contributed by atoms with van der Waals surface area (Å²) in [6.45, 7) is 7.57. The highest BCUT2D eigenvalue weighted by atomic mass is 16.5. The van der Waals surface area contributed by atoms with Gasteiger partial charge in [0.05, 0.1) is 14.2 Å². The number of rotatable bonds is 10. The van der Waals surface area contributed by atoms with Crippen LogP contribution in [-0.4, -0.2) is 49.6 Å². The molecule has 0 saturated carbocycles. The van der Waals surface area contributed by atoms with Gasteiger partial charge in [-0.25, -0.2) is 0 Å². The van der Waals surface area contributed by atoms with Crippen molar-refractivity contribution < 1.29 is 23.8 Å². The Balaban J connectivity index is 2.18. The normalized spacial score (nSPS) is 11.6. The summed E-state index contributed by atoms with van der Waals surface area (Å²) in [4.78, 5) is 27.2. The average molecular weight is 429 g/mol. The molecule has 0 aliphatic carbocycles. The fourth-order valence-corrected chi connectivity index (χ4v) is 2.97. The highest BCUT2D eigenvalue weighted by molar-refractivity contribution is 5.88. The van der Waals surface area contributed by atoms with Crippen molar-refractivity contribution >= 4 is 11.8 Å². The first kappa shape index (κ1) is 24.1. The predicted molar refractivity (Wildman–Crippen MR) is 120 cm³/mol. The van der Waals surface area contributed by atoms with E-state index in [0.717, 1.165) is 11.1 Å². The van der Waals surface area contributed by atoms with Gasteiger partial charge in [-0.15, -0.1) is 0 Å². The predicted octanol–water partition coefficient (Wildman–Crippen LogP) is 3.33. The van der Waals surface area contributed by atoms with Gasteiger partial charge < -0.3 is 24.4 Å². The second-order valence-corrected chi connectivity index (χ2v) is 7.68. The molecule has 2 aromatic rings. The zero-order valence-electron chi connectivity index (χ0n) is 19.1. The van der Waals surface area contributed by atoms with Crippen molar-refractivity contribution in [3.8, 4) is 17.2 Å². The number of benzene rings is 2. The first-order valence-corrected chi connectivity index (χ1v) is 10.2. The van der Waals surface area contributed by atoms with E-state index in [1.807, 2.05) is 45.0 Å². The van der Waals surface area contributed by atoms with Crippen LogP contribution >= 0.6 is 0 Å². The second kappa shape index (κ2) is 11.2. The van der Waals surface area contributed by atoms with Gasteiger partial charge in [-0.3, -0.25) is 9.59 Å². The largest absolute Gasteiger partial charge is 0.496 e. The topological polar surface area (TPSA) is 77.1 Å². The lowest BCUT2D eigenvalue weighted by Gasteiger charge is -2.29. The number of carbonyl (C=O) groups excluding carboxylic acids is 2. The van der Waals surface area contributed by atoms with Gasteiger partial charge in [0, 0.05) is 30.8 Å². The van der Waals surface area contributed by atoms with E-state index in [-0.39, 0.29) is 24.5 Å². The van der Waals surface area contributed by atoms with E-state index in [1.54, 1.807) is 39.3 Å². The SMILES string of the molecule is COc1cc(OC)cc(OCC(=O)N(Cc2ccc(C)cc2)[C@H](C)C(=O)NC(C)C)c1. The smallest absolute Gasteiger partial charge is 0.261 e. The summed E-state index contributed by atoms with van der Waals surface area (Å²) in [5.74, 6) is 1.05. The van der Waals surface area contributed by atoms with Gasteiger partial charge >= 0.3 is 0 Å². The summed E-state index contributed by atoms with van der Waals surface area (Å²) in [6, 6.07) is 12.3. The van der Waals surface area contributed by atoms with E-state index in [1.165, 1.54) is 4.90 Å². The fourth-order valence-electron chi connectivity index (χ4n) is 2.97. The minimum absolute atomic E-state index is 0.0215. The van der Waals surface area contributed by atoms with Crippen LogP contribution < -0.4 is 19.5 Å². The first-order valence-electron chi connectivity index (χ1n) is 10.2. The highest BCUT2D eigenvalue weighted by Crippen LogP contribution is 2.27. The van der Waals surface area contributed by atoms with Gasteiger partial charge in [-0.05, 0) is 33.3 Å². The molecule has 0 spiro atoms. The van der Waals surface area contributed by atoms with Gasteiger partial charge in [0.15, 0.2) is 6.61 Å². The minimum atomic E-state index is -0.653. The van der Waals surface area contributed by atoms with E-state index in [0.29, 0.717) is 23.8 Å². The van der Waals surface area contributed by atoms with Crippen LogP contribution in [0.1, 0.15) is 31.9 Å². The maximum Gasteiger partial charge on any atom is 0.261 e.